The van der Waals surface area contributed by atoms with Crippen LogP contribution in [0.4, 0.5) is 0 Å². The third-order valence-corrected chi connectivity index (χ3v) is 7.51. The van der Waals surface area contributed by atoms with Gasteiger partial charge in [-0.05, 0) is 42.5 Å². The predicted molar refractivity (Wildman–Crippen MR) is 153 cm³/mol. The van der Waals surface area contributed by atoms with Gasteiger partial charge in [0.1, 0.15) is 0 Å². The summed E-state index contributed by atoms with van der Waals surface area (Å²) < 4.78 is 0. The smallest absolute Gasteiger partial charge is 0.254 e. The van der Waals surface area contributed by atoms with Gasteiger partial charge in [-0.25, -0.2) is 9.97 Å². The summed E-state index contributed by atoms with van der Waals surface area (Å²) in [5.74, 6) is 0.264. The topological polar surface area (TPSA) is 75.2 Å². The van der Waals surface area contributed by atoms with Crippen molar-refractivity contribution in [2.24, 2.45) is 0 Å². The van der Waals surface area contributed by atoms with Crippen molar-refractivity contribution >= 4 is 11.8 Å². The van der Waals surface area contributed by atoms with Crippen molar-refractivity contribution < 1.29 is 9.59 Å². The highest BCUT2D eigenvalue weighted by molar-refractivity contribution is 5.95. The Labute approximate surface area is 230 Å². The Bertz CT molecular complexity index is 1380. The Hall–Kier alpha value is -4.32. The number of nitrogens with zero attached hydrogens (tertiary/aromatic N) is 3. The number of hydrogen-bond donors (Lipinski definition) is 1. The zero-order valence-electron chi connectivity index (χ0n) is 22.3. The van der Waals surface area contributed by atoms with Gasteiger partial charge in [0.2, 0.25) is 0 Å². The molecule has 1 aromatic heterocycles. The Morgan fingerprint density at radius 2 is 1.51 bits per heavy atom. The van der Waals surface area contributed by atoms with Crippen LogP contribution in [0.3, 0.4) is 0 Å². The van der Waals surface area contributed by atoms with E-state index in [4.69, 9.17) is 0 Å². The van der Waals surface area contributed by atoms with E-state index >= 15 is 0 Å². The van der Waals surface area contributed by atoms with Gasteiger partial charge in [0.05, 0.1) is 11.6 Å². The van der Waals surface area contributed by atoms with E-state index in [1.54, 1.807) is 12.4 Å². The minimum Gasteiger partial charge on any atom is -0.345 e. The van der Waals surface area contributed by atoms with Crippen molar-refractivity contribution in [3.63, 3.8) is 0 Å². The Kier molecular flexibility index (Phi) is 8.42. The van der Waals surface area contributed by atoms with Gasteiger partial charge in [-0.3, -0.25) is 9.59 Å². The van der Waals surface area contributed by atoms with Crippen LogP contribution in [0.5, 0.6) is 0 Å². The van der Waals surface area contributed by atoms with Crippen molar-refractivity contribution in [2.45, 2.75) is 50.6 Å². The van der Waals surface area contributed by atoms with Gasteiger partial charge in [0, 0.05) is 36.6 Å². The second kappa shape index (κ2) is 12.5. The Morgan fingerprint density at radius 3 is 2.21 bits per heavy atom. The summed E-state index contributed by atoms with van der Waals surface area (Å²) in [4.78, 5) is 37.2. The van der Waals surface area contributed by atoms with Gasteiger partial charge in [0.25, 0.3) is 11.8 Å². The quantitative estimate of drug-likeness (QED) is 0.299. The lowest BCUT2D eigenvalue weighted by Crippen LogP contribution is -2.38. The zero-order chi connectivity index (χ0) is 27.0. The summed E-state index contributed by atoms with van der Waals surface area (Å²) in [5.41, 5.74) is 3.93. The van der Waals surface area contributed by atoms with Gasteiger partial charge in [-0.1, -0.05) is 92.1 Å². The Morgan fingerprint density at radius 1 is 0.846 bits per heavy atom. The van der Waals surface area contributed by atoms with Gasteiger partial charge in [0.15, 0.2) is 5.82 Å². The number of carbonyl (C=O) groups excluding carboxylic acids is 2. The van der Waals surface area contributed by atoms with E-state index in [9.17, 15) is 9.59 Å². The van der Waals surface area contributed by atoms with Gasteiger partial charge in [-0.15, -0.1) is 0 Å². The number of aromatic nitrogens is 2. The summed E-state index contributed by atoms with van der Waals surface area (Å²) >= 11 is 0. The summed E-state index contributed by atoms with van der Waals surface area (Å²) in [5, 5.41) is 3.16. The van der Waals surface area contributed by atoms with Crippen molar-refractivity contribution in [1.82, 2.24) is 20.2 Å². The van der Waals surface area contributed by atoms with Crippen LogP contribution in [-0.2, 0) is 6.42 Å². The lowest BCUT2D eigenvalue weighted by Gasteiger charge is -2.31. The molecule has 1 saturated carbocycles. The molecule has 1 N–H and O–H groups in total. The molecule has 3 aromatic carbocycles. The average Bonchev–Trinajstić information content (AvgIpc) is 3.01. The third-order valence-electron chi connectivity index (χ3n) is 7.51. The van der Waals surface area contributed by atoms with Gasteiger partial charge in [-0.2, -0.15) is 0 Å². The molecule has 39 heavy (non-hydrogen) atoms. The van der Waals surface area contributed by atoms with Crippen LogP contribution < -0.4 is 5.32 Å². The van der Waals surface area contributed by atoms with E-state index in [1.807, 2.05) is 84.7 Å². The minimum absolute atomic E-state index is 0.0186. The number of hydrogen-bond acceptors (Lipinski definition) is 4. The summed E-state index contributed by atoms with van der Waals surface area (Å²) in [7, 11) is 1.90. The Balaban J connectivity index is 1.29. The van der Waals surface area contributed by atoms with Gasteiger partial charge < -0.3 is 10.2 Å². The molecule has 1 fully saturated rings. The fraction of sp³-hybridized carbons (Fsp3) is 0.273. The van der Waals surface area contributed by atoms with Crippen molar-refractivity contribution in [3.05, 3.63) is 120 Å². The maximum absolute atomic E-state index is 13.2. The van der Waals surface area contributed by atoms with Crippen LogP contribution >= 0.6 is 0 Å². The van der Waals surface area contributed by atoms with Crippen LogP contribution in [0.2, 0.25) is 0 Å². The molecule has 1 heterocycles. The second-order valence-electron chi connectivity index (χ2n) is 10.2. The number of amides is 2. The average molecular weight is 519 g/mol. The molecule has 0 unspecified atom stereocenters. The highest BCUT2D eigenvalue weighted by Crippen LogP contribution is 2.24. The summed E-state index contributed by atoms with van der Waals surface area (Å²) in [6.45, 7) is 0. The molecule has 0 aliphatic heterocycles. The third kappa shape index (κ3) is 6.58. The molecule has 1 aliphatic carbocycles. The van der Waals surface area contributed by atoms with Crippen LogP contribution in [0.15, 0.2) is 97.3 Å². The summed E-state index contributed by atoms with van der Waals surface area (Å²) in [6.07, 6.45) is 9.49. The van der Waals surface area contributed by atoms with E-state index in [0.717, 1.165) is 29.5 Å². The molecule has 198 valence electrons. The molecule has 5 rings (SSSR count). The molecule has 1 aliphatic rings. The monoisotopic (exact) mass is 518 g/mol. The molecule has 0 bridgehead atoms. The molecule has 6 heteroatoms. The normalized spacial score (nSPS) is 14.4. The molecule has 6 nitrogen and oxygen atoms in total. The van der Waals surface area contributed by atoms with Crippen LogP contribution in [0.1, 0.15) is 70.0 Å². The van der Waals surface area contributed by atoms with Crippen molar-refractivity contribution in [3.8, 4) is 11.4 Å². The van der Waals surface area contributed by atoms with Crippen LogP contribution in [0.25, 0.3) is 11.4 Å². The molecule has 4 aromatic rings. The molecule has 0 saturated heterocycles. The fourth-order valence-electron chi connectivity index (χ4n) is 5.25. The summed E-state index contributed by atoms with van der Waals surface area (Å²) in [6, 6.07) is 27.6. The van der Waals surface area contributed by atoms with E-state index in [1.165, 1.54) is 19.3 Å². The van der Waals surface area contributed by atoms with Crippen LogP contribution in [0, 0.1) is 0 Å². The molecule has 0 spiro atoms. The number of carbonyl (C=O) groups is 2. The maximum Gasteiger partial charge on any atom is 0.254 e. The van der Waals surface area contributed by atoms with Crippen LogP contribution in [-0.4, -0.2) is 39.8 Å². The molecule has 1 atom stereocenters. The lowest BCUT2D eigenvalue weighted by molar-refractivity contribution is 0.0696. The second-order valence-corrected chi connectivity index (χ2v) is 10.2. The molecular formula is C33H34N4O2. The SMILES string of the molecule is CN(C(=O)c1cccc(-c2ncc(C(=O)N[C@@H](Cc3ccccc3)c3ccccc3)cn2)c1)C1CCCCC1. The first-order valence-electron chi connectivity index (χ1n) is 13.7. The standard InChI is InChI=1S/C33H34N4O2/c1-37(29-18-9-4-10-19-29)33(39)27-17-11-16-26(21-27)31-34-22-28(23-35-31)32(38)36-30(25-14-7-3-8-15-25)20-24-12-5-2-6-13-24/h2-3,5-8,11-17,21-23,29-30H,4,9-10,18-20H2,1H3,(H,36,38)/t30-/m0/s1. The number of benzene rings is 3. The minimum atomic E-state index is -0.232. The van der Waals surface area contributed by atoms with Crippen molar-refractivity contribution in [1.29, 1.82) is 0 Å². The molecular weight excluding hydrogens is 484 g/mol. The number of rotatable bonds is 8. The zero-order valence-corrected chi connectivity index (χ0v) is 22.3. The molecule has 0 radical (unpaired) electrons. The predicted octanol–water partition coefficient (Wildman–Crippen LogP) is 6.26. The fourth-order valence-corrected chi connectivity index (χ4v) is 5.25. The first kappa shape index (κ1) is 26.3. The maximum atomic E-state index is 13.2. The lowest BCUT2D eigenvalue weighted by atomic mass is 9.94. The number of nitrogens with one attached hydrogen (secondary N) is 1. The van der Waals surface area contributed by atoms with Crippen molar-refractivity contribution in [2.75, 3.05) is 7.05 Å². The van der Waals surface area contributed by atoms with E-state index in [0.29, 0.717) is 29.4 Å². The molecule has 2 amide bonds. The van der Waals surface area contributed by atoms with E-state index < -0.39 is 0 Å². The highest BCUT2D eigenvalue weighted by Gasteiger charge is 2.23. The van der Waals surface area contributed by atoms with E-state index in [2.05, 4.69) is 27.4 Å². The largest absolute Gasteiger partial charge is 0.345 e. The van der Waals surface area contributed by atoms with Gasteiger partial charge >= 0.3 is 0 Å². The first-order chi connectivity index (χ1) is 19.1. The first-order valence-corrected chi connectivity index (χ1v) is 13.7. The highest BCUT2D eigenvalue weighted by atomic mass is 16.2. The van der Waals surface area contributed by atoms with E-state index in [-0.39, 0.29) is 17.9 Å².